The van der Waals surface area contributed by atoms with E-state index in [2.05, 4.69) is 0 Å². The zero-order valence-electron chi connectivity index (χ0n) is 10.5. The fraction of sp³-hybridized carbons (Fsp3) is 1.00. The molecule has 2 heterocycles. The highest BCUT2D eigenvalue weighted by Gasteiger charge is 2.50. The minimum Gasteiger partial charge on any atom is -0.388 e. The lowest BCUT2D eigenvalue weighted by molar-refractivity contribution is -0.325. The van der Waals surface area contributed by atoms with E-state index in [4.69, 9.17) is 18.9 Å². The fourth-order valence-electron chi connectivity index (χ4n) is 2.11. The van der Waals surface area contributed by atoms with Crippen molar-refractivity contribution in [1.82, 2.24) is 0 Å². The molecule has 0 aromatic carbocycles. The van der Waals surface area contributed by atoms with Crippen LogP contribution in [-0.4, -0.2) is 53.0 Å². The second kappa shape index (κ2) is 4.15. The lowest BCUT2D eigenvalue weighted by atomic mass is 10.1. The molecule has 0 spiro atoms. The first kappa shape index (κ1) is 13.2. The predicted molar refractivity (Wildman–Crippen MR) is 57.0 cm³/mol. The summed E-state index contributed by atoms with van der Waals surface area (Å²) in [6, 6.07) is 0. The summed E-state index contributed by atoms with van der Waals surface area (Å²) in [5.74, 6) is -1.69. The van der Waals surface area contributed by atoms with Crippen LogP contribution >= 0.6 is 0 Å². The van der Waals surface area contributed by atoms with Crippen LogP contribution in [0.15, 0.2) is 0 Å². The first-order valence-corrected chi connectivity index (χ1v) is 5.74. The normalized spacial score (nSPS) is 44.8. The lowest BCUT2D eigenvalue weighted by Gasteiger charge is -2.41. The van der Waals surface area contributed by atoms with Crippen LogP contribution in [0.25, 0.3) is 0 Å². The Morgan fingerprint density at radius 2 is 1.47 bits per heavy atom. The Labute approximate surface area is 100 Å². The molecule has 2 rings (SSSR count). The van der Waals surface area contributed by atoms with Gasteiger partial charge in [0.25, 0.3) is 0 Å². The highest BCUT2D eigenvalue weighted by atomic mass is 16.8. The number of ether oxygens (including phenoxy) is 4. The van der Waals surface area contributed by atoms with E-state index in [1.165, 1.54) is 0 Å². The van der Waals surface area contributed by atoms with Gasteiger partial charge in [-0.15, -0.1) is 0 Å². The minimum absolute atomic E-state index is 0.144. The van der Waals surface area contributed by atoms with Gasteiger partial charge in [0.15, 0.2) is 17.9 Å². The van der Waals surface area contributed by atoms with Gasteiger partial charge in [0, 0.05) is 0 Å². The molecule has 2 aliphatic heterocycles. The molecule has 100 valence electrons. The molecule has 0 saturated carbocycles. The smallest absolute Gasteiger partial charge is 0.187 e. The van der Waals surface area contributed by atoms with E-state index in [1.807, 2.05) is 0 Å². The van der Waals surface area contributed by atoms with Crippen molar-refractivity contribution in [1.29, 1.82) is 0 Å². The molecule has 0 radical (unpaired) electrons. The van der Waals surface area contributed by atoms with Crippen LogP contribution in [0, 0.1) is 0 Å². The number of aliphatic hydroxyl groups excluding tert-OH is 2. The van der Waals surface area contributed by atoms with Crippen molar-refractivity contribution in [2.24, 2.45) is 0 Å². The topological polar surface area (TPSA) is 77.4 Å². The second-order valence-electron chi connectivity index (χ2n) is 5.35. The predicted octanol–water partition coefficient (Wildman–Crippen LogP) is -0.0313. The Morgan fingerprint density at radius 3 is 2.00 bits per heavy atom. The number of hydrogen-bond donors (Lipinski definition) is 2. The van der Waals surface area contributed by atoms with Crippen LogP contribution in [0.1, 0.15) is 27.7 Å². The van der Waals surface area contributed by atoms with Gasteiger partial charge in [-0.2, -0.15) is 0 Å². The Balaban J connectivity index is 2.10. The number of aliphatic hydroxyl groups is 2. The molecule has 2 aliphatic rings. The van der Waals surface area contributed by atoms with Crippen molar-refractivity contribution in [2.75, 3.05) is 6.61 Å². The third kappa shape index (κ3) is 2.78. The van der Waals surface area contributed by atoms with E-state index in [1.54, 1.807) is 27.7 Å². The van der Waals surface area contributed by atoms with Crippen molar-refractivity contribution < 1.29 is 29.2 Å². The minimum atomic E-state index is -1.11. The van der Waals surface area contributed by atoms with Gasteiger partial charge < -0.3 is 29.2 Å². The van der Waals surface area contributed by atoms with Gasteiger partial charge in [-0.05, 0) is 27.7 Å². The van der Waals surface area contributed by atoms with Gasteiger partial charge in [0.2, 0.25) is 0 Å². The zero-order valence-corrected chi connectivity index (χ0v) is 10.5. The summed E-state index contributed by atoms with van der Waals surface area (Å²) in [5.41, 5.74) is 0. The Morgan fingerprint density at radius 1 is 0.882 bits per heavy atom. The summed E-state index contributed by atoms with van der Waals surface area (Å²) in [5, 5.41) is 19.6. The van der Waals surface area contributed by atoms with E-state index in [0.29, 0.717) is 0 Å². The molecule has 0 aromatic rings. The number of rotatable bonds is 1. The third-order valence-electron chi connectivity index (χ3n) is 2.83. The highest BCUT2D eigenvalue weighted by molar-refractivity contribution is 4.89. The van der Waals surface area contributed by atoms with Gasteiger partial charge in [-0.1, -0.05) is 0 Å². The van der Waals surface area contributed by atoms with Crippen molar-refractivity contribution in [3.63, 3.8) is 0 Å². The molecule has 6 heteroatoms. The summed E-state index contributed by atoms with van der Waals surface area (Å²) < 4.78 is 21.7. The van der Waals surface area contributed by atoms with Crippen molar-refractivity contribution in [3.05, 3.63) is 0 Å². The largest absolute Gasteiger partial charge is 0.388 e. The van der Waals surface area contributed by atoms with Gasteiger partial charge in [-0.25, -0.2) is 0 Å². The van der Waals surface area contributed by atoms with E-state index in [9.17, 15) is 10.2 Å². The summed E-state index contributed by atoms with van der Waals surface area (Å²) in [7, 11) is 0. The zero-order chi connectivity index (χ0) is 12.8. The molecule has 4 atom stereocenters. The molecule has 3 unspecified atom stereocenters. The molecule has 0 bridgehead atoms. The summed E-state index contributed by atoms with van der Waals surface area (Å²) in [6.45, 7) is 7.04. The van der Waals surface area contributed by atoms with E-state index in [-0.39, 0.29) is 6.61 Å². The van der Waals surface area contributed by atoms with Crippen molar-refractivity contribution in [3.8, 4) is 0 Å². The summed E-state index contributed by atoms with van der Waals surface area (Å²) in [6.07, 6.45) is -3.35. The Kier molecular flexibility index (Phi) is 3.22. The molecule has 2 N–H and O–H groups in total. The van der Waals surface area contributed by atoms with Crippen LogP contribution in [-0.2, 0) is 18.9 Å². The molecule has 6 nitrogen and oxygen atoms in total. The third-order valence-corrected chi connectivity index (χ3v) is 2.83. The SMILES string of the molecule is CC1(C)OC(O)C([C@@H]2OC(C)(C)OCC2O)O1. The molecule has 0 aromatic heterocycles. The lowest BCUT2D eigenvalue weighted by Crippen LogP contribution is -2.55. The monoisotopic (exact) mass is 248 g/mol. The van der Waals surface area contributed by atoms with Crippen LogP contribution in [0.4, 0.5) is 0 Å². The van der Waals surface area contributed by atoms with Gasteiger partial charge >= 0.3 is 0 Å². The standard InChI is InChI=1S/C11H20O6/c1-10(2)14-5-6(12)7(15-10)8-9(13)17-11(3,4)16-8/h6-9,12-13H,5H2,1-4H3/t6?,7-,8?,9?/m1/s1. The van der Waals surface area contributed by atoms with Crippen LogP contribution in [0.2, 0.25) is 0 Å². The molecule has 2 fully saturated rings. The summed E-state index contributed by atoms with van der Waals surface area (Å²) >= 11 is 0. The Bertz CT molecular complexity index is 290. The fourth-order valence-corrected chi connectivity index (χ4v) is 2.11. The highest BCUT2D eigenvalue weighted by Crippen LogP contribution is 2.34. The van der Waals surface area contributed by atoms with Crippen molar-refractivity contribution >= 4 is 0 Å². The molecule has 0 amide bonds. The maximum atomic E-state index is 9.85. The Hall–Kier alpha value is -0.240. The molecular formula is C11H20O6. The quantitative estimate of drug-likeness (QED) is 0.678. The number of hydrogen-bond acceptors (Lipinski definition) is 6. The molecular weight excluding hydrogens is 228 g/mol. The maximum Gasteiger partial charge on any atom is 0.187 e. The van der Waals surface area contributed by atoms with Crippen molar-refractivity contribution in [2.45, 2.75) is 63.9 Å². The average molecular weight is 248 g/mol. The first-order chi connectivity index (χ1) is 7.70. The van der Waals surface area contributed by atoms with Crippen LogP contribution in [0.5, 0.6) is 0 Å². The van der Waals surface area contributed by atoms with E-state index in [0.717, 1.165) is 0 Å². The van der Waals surface area contributed by atoms with Gasteiger partial charge in [0.1, 0.15) is 18.3 Å². The first-order valence-electron chi connectivity index (χ1n) is 5.74. The maximum absolute atomic E-state index is 9.85. The van der Waals surface area contributed by atoms with Gasteiger partial charge in [-0.3, -0.25) is 0 Å². The van der Waals surface area contributed by atoms with Gasteiger partial charge in [0.05, 0.1) is 6.61 Å². The molecule has 2 saturated heterocycles. The second-order valence-corrected chi connectivity index (χ2v) is 5.35. The van der Waals surface area contributed by atoms with E-state index >= 15 is 0 Å². The molecule has 0 aliphatic carbocycles. The summed E-state index contributed by atoms with van der Waals surface area (Å²) in [4.78, 5) is 0. The van der Waals surface area contributed by atoms with E-state index < -0.39 is 36.2 Å². The van der Waals surface area contributed by atoms with Crippen LogP contribution < -0.4 is 0 Å². The molecule has 17 heavy (non-hydrogen) atoms. The van der Waals surface area contributed by atoms with Crippen LogP contribution in [0.3, 0.4) is 0 Å². The average Bonchev–Trinajstić information content (AvgIpc) is 2.44.